The van der Waals surface area contributed by atoms with Crippen LogP contribution in [0.4, 0.5) is 5.82 Å². The van der Waals surface area contributed by atoms with Crippen molar-refractivity contribution in [1.29, 1.82) is 0 Å². The molecule has 0 amide bonds. The van der Waals surface area contributed by atoms with Crippen LogP contribution in [0.15, 0.2) is 42.7 Å². The van der Waals surface area contributed by atoms with Crippen molar-refractivity contribution < 1.29 is 0 Å². The summed E-state index contributed by atoms with van der Waals surface area (Å²) in [6.45, 7) is 2.17. The summed E-state index contributed by atoms with van der Waals surface area (Å²) in [6, 6.07) is 10.3. The Kier molecular flexibility index (Phi) is 2.62. The van der Waals surface area contributed by atoms with E-state index in [1.54, 1.807) is 6.20 Å². The Morgan fingerprint density at radius 1 is 1.05 bits per heavy atom. The number of benzene rings is 1. The number of nitrogens with zero attached hydrogens (tertiary/aromatic N) is 5. The number of para-hydroxylation sites is 1. The predicted molar refractivity (Wildman–Crippen MR) is 78.1 cm³/mol. The zero-order valence-corrected chi connectivity index (χ0v) is 11.1. The topological polar surface area (TPSA) is 46.8 Å². The van der Waals surface area contributed by atoms with E-state index in [0.29, 0.717) is 0 Å². The highest BCUT2D eigenvalue weighted by Crippen LogP contribution is 2.27. The Balaban J connectivity index is 1.94. The van der Waals surface area contributed by atoms with Gasteiger partial charge in [-0.05, 0) is 18.9 Å². The summed E-state index contributed by atoms with van der Waals surface area (Å²) in [5, 5.41) is 9.13. The Bertz CT molecular complexity index is 729. The smallest absolute Gasteiger partial charge is 0.131 e. The highest BCUT2D eigenvalue weighted by Gasteiger charge is 2.16. The van der Waals surface area contributed by atoms with Crippen LogP contribution >= 0.6 is 0 Å². The van der Waals surface area contributed by atoms with Crippen molar-refractivity contribution in [3.05, 3.63) is 42.7 Å². The number of fused-ring (bicyclic) bond motifs is 1. The molecule has 1 fully saturated rings. The van der Waals surface area contributed by atoms with Crippen LogP contribution in [-0.4, -0.2) is 33.1 Å². The zero-order chi connectivity index (χ0) is 13.4. The monoisotopic (exact) mass is 265 g/mol. The lowest BCUT2D eigenvalue weighted by molar-refractivity contribution is 0.805. The summed E-state index contributed by atoms with van der Waals surface area (Å²) in [4.78, 5) is 7.13. The molecule has 20 heavy (non-hydrogen) atoms. The summed E-state index contributed by atoms with van der Waals surface area (Å²) >= 11 is 0. The Hall–Kier alpha value is -2.43. The van der Waals surface area contributed by atoms with E-state index in [1.165, 1.54) is 12.8 Å². The van der Waals surface area contributed by atoms with E-state index in [4.69, 9.17) is 4.98 Å². The van der Waals surface area contributed by atoms with E-state index in [2.05, 4.69) is 33.4 Å². The summed E-state index contributed by atoms with van der Waals surface area (Å²) in [5.41, 5.74) is 2.04. The number of rotatable bonds is 2. The van der Waals surface area contributed by atoms with Crippen LogP contribution < -0.4 is 4.90 Å². The number of hydrogen-bond acceptors (Lipinski definition) is 4. The van der Waals surface area contributed by atoms with E-state index < -0.39 is 0 Å². The van der Waals surface area contributed by atoms with Crippen LogP contribution in [0.3, 0.4) is 0 Å². The molecule has 2 aromatic heterocycles. The number of pyridine rings is 1. The van der Waals surface area contributed by atoms with Gasteiger partial charge in [0.2, 0.25) is 0 Å². The SMILES string of the molecule is c1ccc2c(-n3ccnn3)cc(N3CCCC3)nc2c1. The minimum Gasteiger partial charge on any atom is -0.357 e. The van der Waals surface area contributed by atoms with Gasteiger partial charge >= 0.3 is 0 Å². The number of hydrogen-bond donors (Lipinski definition) is 0. The van der Waals surface area contributed by atoms with E-state index in [0.717, 1.165) is 35.5 Å². The maximum Gasteiger partial charge on any atom is 0.131 e. The first-order valence-electron chi connectivity index (χ1n) is 6.93. The standard InChI is InChI=1S/C15H15N5/c1-2-6-13-12(5-1)14(20-10-7-16-18-20)11-15(17-13)19-8-3-4-9-19/h1-2,5-7,10-11H,3-4,8-9H2. The van der Waals surface area contributed by atoms with Gasteiger partial charge in [0, 0.05) is 24.5 Å². The average molecular weight is 265 g/mol. The fraction of sp³-hybridized carbons (Fsp3) is 0.267. The van der Waals surface area contributed by atoms with E-state index in [9.17, 15) is 0 Å². The highest BCUT2D eigenvalue weighted by molar-refractivity contribution is 5.89. The minimum absolute atomic E-state index is 1.00. The Labute approximate surface area is 116 Å². The van der Waals surface area contributed by atoms with Gasteiger partial charge in [-0.3, -0.25) is 0 Å². The van der Waals surface area contributed by atoms with Crippen LogP contribution in [0.5, 0.6) is 0 Å². The van der Waals surface area contributed by atoms with Crippen molar-refractivity contribution in [3.63, 3.8) is 0 Å². The molecule has 0 saturated carbocycles. The normalized spacial score (nSPS) is 15.1. The minimum atomic E-state index is 1.00. The lowest BCUT2D eigenvalue weighted by Gasteiger charge is -2.18. The molecule has 5 nitrogen and oxygen atoms in total. The second kappa shape index (κ2) is 4.59. The van der Waals surface area contributed by atoms with Crippen LogP contribution in [0.25, 0.3) is 16.6 Å². The van der Waals surface area contributed by atoms with E-state index in [1.807, 2.05) is 23.0 Å². The molecule has 3 aromatic rings. The summed E-state index contributed by atoms with van der Waals surface area (Å²) in [5.74, 6) is 1.03. The molecule has 0 atom stereocenters. The van der Waals surface area contributed by atoms with Crippen LogP contribution in [0.1, 0.15) is 12.8 Å². The predicted octanol–water partition coefficient (Wildman–Crippen LogP) is 2.42. The molecule has 3 heterocycles. The first kappa shape index (κ1) is 11.4. The van der Waals surface area contributed by atoms with Gasteiger partial charge < -0.3 is 4.90 Å². The van der Waals surface area contributed by atoms with Gasteiger partial charge in [-0.25, -0.2) is 9.67 Å². The second-order valence-corrected chi connectivity index (χ2v) is 5.06. The molecule has 0 unspecified atom stereocenters. The average Bonchev–Trinajstić information content (AvgIpc) is 3.19. The van der Waals surface area contributed by atoms with Crippen LogP contribution in [0.2, 0.25) is 0 Å². The van der Waals surface area contributed by atoms with Crippen molar-refractivity contribution in [2.24, 2.45) is 0 Å². The van der Waals surface area contributed by atoms with E-state index >= 15 is 0 Å². The maximum absolute atomic E-state index is 4.79. The maximum atomic E-state index is 4.79. The molecule has 5 heteroatoms. The van der Waals surface area contributed by atoms with Gasteiger partial charge in [-0.2, -0.15) is 0 Å². The van der Waals surface area contributed by atoms with Crippen molar-refractivity contribution >= 4 is 16.7 Å². The number of aromatic nitrogens is 4. The molecule has 0 N–H and O–H groups in total. The summed E-state index contributed by atoms with van der Waals surface area (Å²) < 4.78 is 1.81. The first-order valence-corrected chi connectivity index (χ1v) is 6.93. The third-order valence-corrected chi connectivity index (χ3v) is 3.78. The highest BCUT2D eigenvalue weighted by atomic mass is 15.4. The Morgan fingerprint density at radius 3 is 2.70 bits per heavy atom. The van der Waals surface area contributed by atoms with Crippen molar-refractivity contribution in [1.82, 2.24) is 20.0 Å². The van der Waals surface area contributed by atoms with Crippen molar-refractivity contribution in [3.8, 4) is 5.69 Å². The fourth-order valence-corrected chi connectivity index (χ4v) is 2.78. The van der Waals surface area contributed by atoms with Crippen molar-refractivity contribution in [2.75, 3.05) is 18.0 Å². The van der Waals surface area contributed by atoms with Gasteiger partial charge in [-0.15, -0.1) is 5.10 Å². The molecule has 1 saturated heterocycles. The van der Waals surface area contributed by atoms with E-state index in [-0.39, 0.29) is 0 Å². The second-order valence-electron chi connectivity index (χ2n) is 5.06. The molecular weight excluding hydrogens is 250 g/mol. The van der Waals surface area contributed by atoms with Crippen molar-refractivity contribution in [2.45, 2.75) is 12.8 Å². The molecule has 0 radical (unpaired) electrons. The molecule has 0 aliphatic carbocycles. The molecule has 0 bridgehead atoms. The molecular formula is C15H15N5. The van der Waals surface area contributed by atoms with Crippen LogP contribution in [0, 0.1) is 0 Å². The summed E-state index contributed by atoms with van der Waals surface area (Å²) in [6.07, 6.45) is 6.06. The lowest BCUT2D eigenvalue weighted by Crippen LogP contribution is -2.19. The molecule has 1 aliphatic heterocycles. The quantitative estimate of drug-likeness (QED) is 0.714. The molecule has 1 aromatic carbocycles. The van der Waals surface area contributed by atoms with Gasteiger partial charge in [0.25, 0.3) is 0 Å². The Morgan fingerprint density at radius 2 is 1.90 bits per heavy atom. The molecule has 1 aliphatic rings. The van der Waals surface area contributed by atoms with Gasteiger partial charge in [0.05, 0.1) is 23.6 Å². The summed E-state index contributed by atoms with van der Waals surface area (Å²) in [7, 11) is 0. The molecule has 100 valence electrons. The first-order chi connectivity index (χ1) is 9.92. The zero-order valence-electron chi connectivity index (χ0n) is 11.1. The van der Waals surface area contributed by atoms with Gasteiger partial charge in [-0.1, -0.05) is 23.4 Å². The van der Waals surface area contributed by atoms with Crippen LogP contribution in [-0.2, 0) is 0 Å². The largest absolute Gasteiger partial charge is 0.357 e. The number of anilines is 1. The lowest BCUT2D eigenvalue weighted by atomic mass is 10.2. The molecule has 4 rings (SSSR count). The third kappa shape index (κ3) is 1.82. The third-order valence-electron chi connectivity index (χ3n) is 3.78. The van der Waals surface area contributed by atoms with Gasteiger partial charge in [0.1, 0.15) is 5.82 Å². The van der Waals surface area contributed by atoms with Gasteiger partial charge in [0.15, 0.2) is 0 Å². The molecule has 0 spiro atoms. The fourth-order valence-electron chi connectivity index (χ4n) is 2.78.